The maximum atomic E-state index is 14.1. The van der Waals surface area contributed by atoms with E-state index in [1.54, 1.807) is 6.92 Å². The number of nitrogens with two attached hydrogens (primary N) is 1. The fourth-order valence-electron chi connectivity index (χ4n) is 4.12. The van der Waals surface area contributed by atoms with Crippen molar-refractivity contribution in [2.45, 2.75) is 56.9 Å². The molecular weight excluding hydrogens is 369 g/mol. The Kier molecular flexibility index (Phi) is 7.94. The average Bonchev–Trinajstić information content (AvgIpc) is 2.64. The van der Waals surface area contributed by atoms with Crippen LogP contribution in [-0.4, -0.2) is 51.8 Å². The van der Waals surface area contributed by atoms with E-state index in [0.717, 1.165) is 0 Å². The lowest BCUT2D eigenvalue weighted by molar-refractivity contribution is -0.147. The predicted molar refractivity (Wildman–Crippen MR) is 102 cm³/mol. The van der Waals surface area contributed by atoms with E-state index < -0.39 is 36.3 Å². The minimum atomic E-state index is -1.40. The predicted octanol–water partition coefficient (Wildman–Crippen LogP) is 2.16. The van der Waals surface area contributed by atoms with Crippen LogP contribution in [0.25, 0.3) is 0 Å². The standard InChI is InChI=1S/C19H29BF2N2O4/c1-13(17-15(21)5-4-6-16(17)22)24-11-7-14(8-12-24)19(23,18(25)26)9-2-3-10-20(27)28/h4-6,13-14,27-28H,2-3,7-12,23H2,1H3,(H,25,26)/t13?,19-/m1/s1. The Balaban J connectivity index is 1.99. The lowest BCUT2D eigenvalue weighted by Crippen LogP contribution is -2.57. The van der Waals surface area contributed by atoms with Crippen molar-refractivity contribution in [2.24, 2.45) is 11.7 Å². The molecule has 0 radical (unpaired) electrons. The van der Waals surface area contributed by atoms with Gasteiger partial charge in [-0.3, -0.25) is 9.69 Å². The zero-order chi connectivity index (χ0) is 20.9. The number of carbonyl (C=O) groups is 1. The number of rotatable bonds is 9. The van der Waals surface area contributed by atoms with E-state index in [-0.39, 0.29) is 24.2 Å². The molecule has 6 nitrogen and oxygen atoms in total. The Bertz CT molecular complexity index is 651. The van der Waals surface area contributed by atoms with Gasteiger partial charge in [0, 0.05) is 11.6 Å². The van der Waals surface area contributed by atoms with Gasteiger partial charge in [0.25, 0.3) is 0 Å². The summed E-state index contributed by atoms with van der Waals surface area (Å²) in [7, 11) is -1.40. The quantitative estimate of drug-likeness (QED) is 0.375. The third-order valence-corrected chi connectivity index (χ3v) is 5.92. The summed E-state index contributed by atoms with van der Waals surface area (Å²) in [5, 5.41) is 27.5. The minimum Gasteiger partial charge on any atom is -0.480 e. The number of piperidine rings is 1. The number of hydrogen-bond acceptors (Lipinski definition) is 5. The zero-order valence-corrected chi connectivity index (χ0v) is 16.2. The molecule has 28 heavy (non-hydrogen) atoms. The first-order chi connectivity index (χ1) is 13.2. The van der Waals surface area contributed by atoms with Crippen LogP contribution in [0.2, 0.25) is 6.32 Å². The Hall–Kier alpha value is -1.55. The molecule has 1 saturated heterocycles. The Labute approximate surface area is 164 Å². The fraction of sp³-hybridized carbons (Fsp3) is 0.632. The Morgan fingerprint density at radius 3 is 2.36 bits per heavy atom. The SMILES string of the molecule is CC(c1c(F)cccc1F)N1CCC([C@](N)(CCCCB(O)O)C(=O)O)CC1. The molecule has 5 N–H and O–H groups in total. The van der Waals surface area contributed by atoms with Crippen LogP contribution in [0.3, 0.4) is 0 Å². The van der Waals surface area contributed by atoms with Crippen LogP contribution in [0, 0.1) is 17.6 Å². The molecule has 1 aromatic carbocycles. The van der Waals surface area contributed by atoms with Crippen LogP contribution < -0.4 is 5.73 Å². The molecule has 1 heterocycles. The van der Waals surface area contributed by atoms with E-state index >= 15 is 0 Å². The molecule has 9 heteroatoms. The van der Waals surface area contributed by atoms with E-state index in [1.807, 2.05) is 4.90 Å². The monoisotopic (exact) mass is 398 g/mol. The number of carboxylic acids is 1. The van der Waals surface area contributed by atoms with Crippen molar-refractivity contribution < 1.29 is 28.7 Å². The Morgan fingerprint density at radius 2 is 1.86 bits per heavy atom. The lowest BCUT2D eigenvalue weighted by Gasteiger charge is -2.42. The molecule has 0 spiro atoms. The van der Waals surface area contributed by atoms with Gasteiger partial charge in [-0.05, 0) is 63.6 Å². The topological polar surface area (TPSA) is 107 Å². The van der Waals surface area contributed by atoms with Crippen molar-refractivity contribution in [3.63, 3.8) is 0 Å². The van der Waals surface area contributed by atoms with E-state index in [9.17, 15) is 18.7 Å². The van der Waals surface area contributed by atoms with Gasteiger partial charge < -0.3 is 20.9 Å². The van der Waals surface area contributed by atoms with E-state index in [2.05, 4.69) is 0 Å². The number of aliphatic carboxylic acids is 1. The van der Waals surface area contributed by atoms with Gasteiger partial charge in [-0.1, -0.05) is 18.9 Å². The summed E-state index contributed by atoms with van der Waals surface area (Å²) in [6.07, 6.45) is 2.43. The van der Waals surface area contributed by atoms with E-state index in [0.29, 0.717) is 38.8 Å². The molecule has 0 aromatic heterocycles. The summed E-state index contributed by atoms with van der Waals surface area (Å²) in [4.78, 5) is 13.8. The summed E-state index contributed by atoms with van der Waals surface area (Å²) in [5.41, 5.74) is 4.89. The van der Waals surface area contributed by atoms with Gasteiger partial charge >= 0.3 is 13.1 Å². The minimum absolute atomic E-state index is 0.0285. The normalized spacial score (nSPS) is 19.2. The number of carboxylic acid groups (broad SMARTS) is 1. The van der Waals surface area contributed by atoms with Crippen LogP contribution in [0.4, 0.5) is 8.78 Å². The first-order valence-corrected chi connectivity index (χ1v) is 9.73. The van der Waals surface area contributed by atoms with Crippen LogP contribution >= 0.6 is 0 Å². The van der Waals surface area contributed by atoms with E-state index in [4.69, 9.17) is 15.8 Å². The first kappa shape index (κ1) is 22.7. The number of benzene rings is 1. The molecule has 2 rings (SSSR count). The molecule has 1 aromatic rings. The van der Waals surface area contributed by atoms with Gasteiger partial charge in [0.2, 0.25) is 0 Å². The number of likely N-dealkylation sites (tertiary alicyclic amines) is 1. The number of nitrogens with zero attached hydrogens (tertiary/aromatic N) is 1. The third kappa shape index (κ3) is 5.28. The number of unbranched alkanes of at least 4 members (excludes halogenated alkanes) is 1. The molecule has 2 atom stereocenters. The first-order valence-electron chi connectivity index (χ1n) is 9.73. The van der Waals surface area contributed by atoms with Gasteiger partial charge in [0.05, 0.1) is 0 Å². The van der Waals surface area contributed by atoms with Gasteiger partial charge in [0.15, 0.2) is 0 Å². The highest BCUT2D eigenvalue weighted by Gasteiger charge is 2.43. The Morgan fingerprint density at radius 1 is 1.29 bits per heavy atom. The van der Waals surface area contributed by atoms with Gasteiger partial charge in [0.1, 0.15) is 17.2 Å². The highest BCUT2D eigenvalue weighted by molar-refractivity contribution is 6.40. The van der Waals surface area contributed by atoms with Crippen molar-refractivity contribution in [1.82, 2.24) is 4.90 Å². The second-order valence-corrected chi connectivity index (χ2v) is 7.69. The molecule has 1 aliphatic heterocycles. The lowest BCUT2D eigenvalue weighted by atomic mass is 9.74. The van der Waals surface area contributed by atoms with Crippen molar-refractivity contribution in [1.29, 1.82) is 0 Å². The summed E-state index contributed by atoms with van der Waals surface area (Å²) < 4.78 is 28.1. The highest BCUT2D eigenvalue weighted by Crippen LogP contribution is 2.35. The highest BCUT2D eigenvalue weighted by atomic mass is 19.1. The maximum Gasteiger partial charge on any atom is 0.451 e. The average molecular weight is 398 g/mol. The number of hydrogen-bond donors (Lipinski definition) is 4. The van der Waals surface area contributed by atoms with Crippen molar-refractivity contribution in [2.75, 3.05) is 13.1 Å². The molecule has 1 fully saturated rings. The molecular formula is C19H29BF2N2O4. The van der Waals surface area contributed by atoms with Crippen LogP contribution in [-0.2, 0) is 4.79 Å². The van der Waals surface area contributed by atoms with Crippen LogP contribution in [0.1, 0.15) is 50.6 Å². The van der Waals surface area contributed by atoms with E-state index in [1.165, 1.54) is 18.2 Å². The summed E-state index contributed by atoms with van der Waals surface area (Å²) in [6, 6.07) is 3.35. The van der Waals surface area contributed by atoms with Crippen LogP contribution in [0.15, 0.2) is 18.2 Å². The van der Waals surface area contributed by atoms with Gasteiger partial charge in [-0.2, -0.15) is 0 Å². The fourth-order valence-corrected chi connectivity index (χ4v) is 4.12. The third-order valence-electron chi connectivity index (χ3n) is 5.92. The second-order valence-electron chi connectivity index (χ2n) is 7.69. The largest absolute Gasteiger partial charge is 0.480 e. The summed E-state index contributed by atoms with van der Waals surface area (Å²) >= 11 is 0. The van der Waals surface area contributed by atoms with Crippen LogP contribution in [0.5, 0.6) is 0 Å². The summed E-state index contributed by atoms with van der Waals surface area (Å²) in [6.45, 7) is 2.75. The van der Waals surface area contributed by atoms with Crippen molar-refractivity contribution >= 4 is 13.1 Å². The molecule has 156 valence electrons. The summed E-state index contributed by atoms with van der Waals surface area (Å²) in [5.74, 6) is -2.49. The maximum absolute atomic E-state index is 14.1. The molecule has 1 aliphatic rings. The second kappa shape index (κ2) is 9.78. The zero-order valence-electron chi connectivity index (χ0n) is 16.2. The molecule has 0 bridgehead atoms. The molecule has 0 amide bonds. The smallest absolute Gasteiger partial charge is 0.451 e. The molecule has 0 aliphatic carbocycles. The van der Waals surface area contributed by atoms with Gasteiger partial charge in [-0.25, -0.2) is 8.78 Å². The molecule has 0 saturated carbocycles. The number of halogens is 2. The van der Waals surface area contributed by atoms with Gasteiger partial charge in [-0.15, -0.1) is 0 Å². The molecule has 1 unspecified atom stereocenters. The van der Waals surface area contributed by atoms with Crippen molar-refractivity contribution in [3.8, 4) is 0 Å². The van der Waals surface area contributed by atoms with Crippen molar-refractivity contribution in [3.05, 3.63) is 35.4 Å².